The van der Waals surface area contributed by atoms with Gasteiger partial charge in [-0.3, -0.25) is 0 Å². The van der Waals surface area contributed by atoms with Crippen molar-refractivity contribution in [3.8, 4) is 17.2 Å². The third-order valence-electron chi connectivity index (χ3n) is 4.53. The first-order valence-corrected chi connectivity index (χ1v) is 9.86. The van der Waals surface area contributed by atoms with Crippen molar-refractivity contribution < 1.29 is 13.9 Å². The molecule has 156 valence electrons. The maximum Gasteiger partial charge on any atom is 0.320 e. The second-order valence-electron chi connectivity index (χ2n) is 6.60. The second-order valence-corrected chi connectivity index (χ2v) is 7.03. The summed E-state index contributed by atoms with van der Waals surface area (Å²) >= 11 is 6.06. The number of ether oxygens (including phenoxy) is 1. The van der Waals surface area contributed by atoms with Gasteiger partial charge >= 0.3 is 6.03 Å². The Balaban J connectivity index is 1.60. The van der Waals surface area contributed by atoms with Gasteiger partial charge in [-0.05, 0) is 35.9 Å². The summed E-state index contributed by atoms with van der Waals surface area (Å²) in [5.41, 5.74) is 2.02. The molecule has 0 aliphatic carbocycles. The smallest absolute Gasteiger partial charge is 0.320 e. The van der Waals surface area contributed by atoms with E-state index in [1.165, 1.54) is 7.11 Å². The molecule has 0 bridgehead atoms. The van der Waals surface area contributed by atoms with E-state index in [1.54, 1.807) is 18.2 Å². The van der Waals surface area contributed by atoms with Gasteiger partial charge in [0.15, 0.2) is 0 Å². The van der Waals surface area contributed by atoms with Gasteiger partial charge in [0.2, 0.25) is 11.8 Å². The van der Waals surface area contributed by atoms with Crippen molar-refractivity contribution in [2.75, 3.05) is 12.4 Å². The average molecular weight is 435 g/mol. The van der Waals surface area contributed by atoms with Crippen LogP contribution in [0.5, 0.6) is 5.75 Å². The first-order chi connectivity index (χ1) is 15.1. The quantitative estimate of drug-likeness (QED) is 0.429. The third kappa shape index (κ3) is 4.84. The molecular weight excluding hydrogens is 416 g/mol. The van der Waals surface area contributed by atoms with Gasteiger partial charge < -0.3 is 19.8 Å². The lowest BCUT2D eigenvalue weighted by atomic mass is 10.1. The lowest BCUT2D eigenvalue weighted by molar-refractivity contribution is 0.248. The molecule has 0 fully saturated rings. The summed E-state index contributed by atoms with van der Waals surface area (Å²) in [6, 6.07) is 22.6. The summed E-state index contributed by atoms with van der Waals surface area (Å²) in [6.07, 6.45) is 0. The van der Waals surface area contributed by atoms with E-state index in [0.717, 1.165) is 11.1 Å². The molecule has 0 saturated carbocycles. The average Bonchev–Trinajstić information content (AvgIpc) is 3.29. The van der Waals surface area contributed by atoms with Gasteiger partial charge in [0.25, 0.3) is 0 Å². The fourth-order valence-electron chi connectivity index (χ4n) is 3.05. The van der Waals surface area contributed by atoms with E-state index in [2.05, 4.69) is 20.8 Å². The number of hydrogen-bond acceptors (Lipinski definition) is 5. The molecule has 0 unspecified atom stereocenters. The lowest BCUT2D eigenvalue weighted by Gasteiger charge is -2.17. The molecular formula is C23H19ClN4O3. The Kier molecular flexibility index (Phi) is 6.14. The Hall–Kier alpha value is -3.84. The zero-order chi connectivity index (χ0) is 21.6. The maximum absolute atomic E-state index is 12.8. The van der Waals surface area contributed by atoms with Crippen LogP contribution < -0.4 is 15.4 Å². The highest BCUT2D eigenvalue weighted by Gasteiger charge is 2.24. The number of anilines is 1. The van der Waals surface area contributed by atoms with Crippen LogP contribution in [0.1, 0.15) is 17.5 Å². The maximum atomic E-state index is 12.8. The van der Waals surface area contributed by atoms with E-state index < -0.39 is 12.1 Å². The number of benzene rings is 3. The molecule has 7 nitrogen and oxygen atoms in total. The largest absolute Gasteiger partial charge is 0.495 e. The predicted molar refractivity (Wildman–Crippen MR) is 118 cm³/mol. The molecule has 31 heavy (non-hydrogen) atoms. The summed E-state index contributed by atoms with van der Waals surface area (Å²) in [5.74, 6) is 1.12. The van der Waals surface area contributed by atoms with Gasteiger partial charge in [0, 0.05) is 10.6 Å². The molecule has 4 rings (SSSR count). The number of nitrogens with zero attached hydrogens (tertiary/aromatic N) is 2. The molecule has 8 heteroatoms. The molecule has 0 aliphatic rings. The van der Waals surface area contributed by atoms with Crippen LogP contribution in [0, 0.1) is 0 Å². The minimum atomic E-state index is -0.656. The molecule has 0 saturated heterocycles. The number of hydrogen-bond donors (Lipinski definition) is 2. The fourth-order valence-corrected chi connectivity index (χ4v) is 3.22. The molecule has 2 amide bonds. The van der Waals surface area contributed by atoms with E-state index >= 15 is 0 Å². The minimum Gasteiger partial charge on any atom is -0.495 e. The van der Waals surface area contributed by atoms with Crippen molar-refractivity contribution in [2.45, 2.75) is 6.04 Å². The van der Waals surface area contributed by atoms with Crippen molar-refractivity contribution in [1.29, 1.82) is 0 Å². The summed E-state index contributed by atoms with van der Waals surface area (Å²) in [7, 11) is 1.52. The first-order valence-electron chi connectivity index (χ1n) is 9.49. The standard InChI is InChI=1S/C23H19ClN4O3/c1-30-19-13-12-17(24)14-18(19)25-23(29)26-20(15-8-4-2-5-9-15)22-28-27-21(31-22)16-10-6-3-7-11-16/h2-14,20H,1H3,(H2,25,26,29)/t20-/m0/s1. The van der Waals surface area contributed by atoms with Crippen molar-refractivity contribution in [3.05, 3.63) is 95.3 Å². The Morgan fingerprint density at radius 1 is 1.00 bits per heavy atom. The number of amides is 2. The summed E-state index contributed by atoms with van der Waals surface area (Å²) in [5, 5.41) is 14.4. The van der Waals surface area contributed by atoms with Gasteiger partial charge in [-0.15, -0.1) is 10.2 Å². The molecule has 1 heterocycles. The molecule has 0 aliphatic heterocycles. The van der Waals surface area contributed by atoms with Crippen LogP contribution in [-0.4, -0.2) is 23.3 Å². The minimum absolute atomic E-state index is 0.262. The van der Waals surface area contributed by atoms with Crippen LogP contribution in [0.3, 0.4) is 0 Å². The topological polar surface area (TPSA) is 89.3 Å². The zero-order valence-electron chi connectivity index (χ0n) is 16.6. The van der Waals surface area contributed by atoms with Crippen molar-refractivity contribution >= 4 is 23.3 Å². The number of carbonyl (C=O) groups is 1. The van der Waals surface area contributed by atoms with E-state index in [-0.39, 0.29) is 5.89 Å². The molecule has 1 atom stereocenters. The van der Waals surface area contributed by atoms with Gasteiger partial charge in [-0.2, -0.15) is 0 Å². The van der Waals surface area contributed by atoms with E-state index in [4.69, 9.17) is 20.8 Å². The van der Waals surface area contributed by atoms with Crippen molar-refractivity contribution in [2.24, 2.45) is 0 Å². The molecule has 3 aromatic carbocycles. The van der Waals surface area contributed by atoms with Crippen LogP contribution >= 0.6 is 11.6 Å². The lowest BCUT2D eigenvalue weighted by Crippen LogP contribution is -2.33. The van der Waals surface area contributed by atoms with Crippen LogP contribution in [0.25, 0.3) is 11.5 Å². The van der Waals surface area contributed by atoms with Crippen LogP contribution in [0.2, 0.25) is 5.02 Å². The van der Waals surface area contributed by atoms with Crippen molar-refractivity contribution in [1.82, 2.24) is 15.5 Å². The Bertz CT molecular complexity index is 1170. The second kappa shape index (κ2) is 9.32. The number of rotatable bonds is 6. The first kappa shape index (κ1) is 20.4. The van der Waals surface area contributed by atoms with E-state index in [9.17, 15) is 4.79 Å². The molecule has 4 aromatic rings. The van der Waals surface area contributed by atoms with Crippen LogP contribution in [0.15, 0.2) is 83.3 Å². The molecule has 0 spiro atoms. The molecule has 1 aromatic heterocycles. The Morgan fingerprint density at radius 3 is 2.42 bits per heavy atom. The van der Waals surface area contributed by atoms with Crippen molar-refractivity contribution in [3.63, 3.8) is 0 Å². The van der Waals surface area contributed by atoms with Gasteiger partial charge in [0.05, 0.1) is 12.8 Å². The zero-order valence-corrected chi connectivity index (χ0v) is 17.3. The fraction of sp³-hybridized carbons (Fsp3) is 0.0870. The van der Waals surface area contributed by atoms with Crippen LogP contribution in [0.4, 0.5) is 10.5 Å². The predicted octanol–water partition coefficient (Wildman–Crippen LogP) is 5.31. The van der Waals surface area contributed by atoms with Gasteiger partial charge in [0.1, 0.15) is 11.8 Å². The van der Waals surface area contributed by atoms with E-state index in [1.807, 2.05) is 60.7 Å². The van der Waals surface area contributed by atoms with E-state index in [0.29, 0.717) is 22.4 Å². The Morgan fingerprint density at radius 2 is 1.71 bits per heavy atom. The highest BCUT2D eigenvalue weighted by atomic mass is 35.5. The normalized spacial score (nSPS) is 11.5. The number of methoxy groups -OCH3 is 1. The van der Waals surface area contributed by atoms with Gasteiger partial charge in [-0.25, -0.2) is 4.79 Å². The third-order valence-corrected chi connectivity index (χ3v) is 4.76. The number of urea groups is 1. The summed E-state index contributed by atoms with van der Waals surface area (Å²) < 4.78 is 11.2. The highest BCUT2D eigenvalue weighted by molar-refractivity contribution is 6.31. The number of carbonyl (C=O) groups excluding carboxylic acids is 1. The van der Waals surface area contributed by atoms with Gasteiger partial charge in [-0.1, -0.05) is 60.1 Å². The molecule has 0 radical (unpaired) electrons. The number of nitrogens with one attached hydrogen (secondary N) is 2. The Labute approximate surface area is 184 Å². The molecule has 2 N–H and O–H groups in total. The highest BCUT2D eigenvalue weighted by Crippen LogP contribution is 2.29. The SMILES string of the molecule is COc1ccc(Cl)cc1NC(=O)N[C@@H](c1ccccc1)c1nnc(-c2ccccc2)o1. The number of aromatic nitrogens is 2. The summed E-state index contributed by atoms with van der Waals surface area (Å²) in [4.78, 5) is 12.8. The number of halogens is 1. The summed E-state index contributed by atoms with van der Waals surface area (Å²) in [6.45, 7) is 0. The van der Waals surface area contributed by atoms with Crippen LogP contribution in [-0.2, 0) is 0 Å². The monoisotopic (exact) mass is 434 g/mol.